The number of carbonyl (C=O) groups excluding carboxylic acids is 1. The lowest BCUT2D eigenvalue weighted by molar-refractivity contribution is -0.126. The molecule has 0 radical (unpaired) electrons. The average Bonchev–Trinajstić information content (AvgIpc) is 2.70. The number of aliphatic hydroxyl groups excluding tert-OH is 1. The molecule has 2 aromatic rings. The van der Waals surface area contributed by atoms with E-state index in [9.17, 15) is 18.7 Å². The van der Waals surface area contributed by atoms with Gasteiger partial charge in [0.2, 0.25) is 5.91 Å². The highest BCUT2D eigenvalue weighted by Gasteiger charge is 2.32. The smallest absolute Gasteiger partial charge is 0.223 e. The van der Waals surface area contributed by atoms with Crippen LogP contribution in [-0.4, -0.2) is 23.2 Å². The molecule has 4 N–H and O–H groups in total. The number of rotatable bonds is 8. The molecule has 162 valence electrons. The molecule has 0 spiro atoms. The number of hydrogen-bond donors (Lipinski definition) is 3. The molecule has 4 nitrogen and oxygen atoms in total. The van der Waals surface area contributed by atoms with E-state index in [0.717, 1.165) is 43.9 Å². The fraction of sp³-hybridized carbons (Fsp3) is 0.458. The zero-order valence-electron chi connectivity index (χ0n) is 17.5. The predicted molar refractivity (Wildman–Crippen MR) is 113 cm³/mol. The molecule has 4 unspecified atom stereocenters. The van der Waals surface area contributed by atoms with E-state index in [4.69, 9.17) is 5.73 Å². The number of aryl methyl sites for hydroxylation is 2. The molecule has 0 fully saturated rings. The first-order chi connectivity index (χ1) is 14.3. The van der Waals surface area contributed by atoms with Gasteiger partial charge in [0.05, 0.1) is 12.0 Å². The molecular weight excluding hydrogens is 386 g/mol. The molecule has 0 bridgehead atoms. The zero-order chi connectivity index (χ0) is 21.8. The van der Waals surface area contributed by atoms with Gasteiger partial charge in [0.15, 0.2) is 0 Å². The lowest BCUT2D eigenvalue weighted by Crippen LogP contribution is -2.48. The first-order valence-electron chi connectivity index (χ1n) is 10.6. The van der Waals surface area contributed by atoms with Crippen LogP contribution in [0.2, 0.25) is 0 Å². The van der Waals surface area contributed by atoms with Crippen molar-refractivity contribution in [3.8, 4) is 0 Å². The Labute approximate surface area is 176 Å². The molecule has 1 aliphatic rings. The van der Waals surface area contributed by atoms with Crippen LogP contribution in [-0.2, 0) is 24.1 Å². The van der Waals surface area contributed by atoms with Crippen molar-refractivity contribution in [2.24, 2.45) is 11.7 Å². The van der Waals surface area contributed by atoms with Crippen molar-refractivity contribution in [2.75, 3.05) is 0 Å². The number of carbonyl (C=O) groups is 1. The van der Waals surface area contributed by atoms with Crippen LogP contribution in [0.3, 0.4) is 0 Å². The predicted octanol–water partition coefficient (Wildman–Crippen LogP) is 3.59. The van der Waals surface area contributed by atoms with Crippen LogP contribution in [0.5, 0.6) is 0 Å². The van der Waals surface area contributed by atoms with E-state index in [1.54, 1.807) is 0 Å². The van der Waals surface area contributed by atoms with Crippen LogP contribution in [0.1, 0.15) is 55.0 Å². The van der Waals surface area contributed by atoms with E-state index >= 15 is 0 Å². The van der Waals surface area contributed by atoms with Gasteiger partial charge >= 0.3 is 0 Å². The lowest BCUT2D eigenvalue weighted by atomic mass is 9.84. The summed E-state index contributed by atoms with van der Waals surface area (Å²) in [5.41, 5.74) is 9.63. The Morgan fingerprint density at radius 1 is 1.20 bits per heavy atom. The second-order valence-electron chi connectivity index (χ2n) is 8.27. The molecule has 1 aliphatic carbocycles. The Morgan fingerprint density at radius 3 is 2.53 bits per heavy atom. The molecule has 0 heterocycles. The third-order valence-electron chi connectivity index (χ3n) is 6.06. The maximum atomic E-state index is 13.5. The summed E-state index contributed by atoms with van der Waals surface area (Å²) in [7, 11) is 0. The van der Waals surface area contributed by atoms with E-state index < -0.39 is 35.6 Å². The minimum Gasteiger partial charge on any atom is -0.391 e. The Bertz CT molecular complexity index is 883. The summed E-state index contributed by atoms with van der Waals surface area (Å²) in [6.45, 7) is 3.93. The second-order valence-corrected chi connectivity index (χ2v) is 8.27. The monoisotopic (exact) mass is 416 g/mol. The van der Waals surface area contributed by atoms with E-state index in [1.165, 1.54) is 16.7 Å². The summed E-state index contributed by atoms with van der Waals surface area (Å²) in [5, 5.41) is 14.3. The molecule has 2 aromatic carbocycles. The van der Waals surface area contributed by atoms with E-state index in [1.807, 2.05) is 6.92 Å². The molecule has 0 saturated carbocycles. The molecule has 0 saturated heterocycles. The molecule has 6 heteroatoms. The summed E-state index contributed by atoms with van der Waals surface area (Å²) in [6.07, 6.45) is 2.84. The third-order valence-corrected chi connectivity index (χ3v) is 6.06. The number of amides is 1. The molecule has 4 atom stereocenters. The lowest BCUT2D eigenvalue weighted by Gasteiger charge is -2.33. The maximum Gasteiger partial charge on any atom is 0.223 e. The number of benzene rings is 2. The number of nitrogens with one attached hydrogen (secondary N) is 1. The van der Waals surface area contributed by atoms with Crippen LogP contribution in [0, 0.1) is 17.6 Å². The normalized spacial score (nSPS) is 19.0. The minimum absolute atomic E-state index is 0.0293. The van der Waals surface area contributed by atoms with Gasteiger partial charge in [0.1, 0.15) is 11.6 Å². The van der Waals surface area contributed by atoms with Crippen molar-refractivity contribution in [3.05, 3.63) is 70.3 Å². The number of fused-ring (bicyclic) bond motifs is 1. The molecular formula is C24H30F2N2O2. The van der Waals surface area contributed by atoms with Crippen molar-refractivity contribution >= 4 is 5.91 Å². The Kier molecular flexibility index (Phi) is 7.21. The Hall–Kier alpha value is -2.31. The van der Waals surface area contributed by atoms with Gasteiger partial charge in [-0.15, -0.1) is 0 Å². The molecule has 0 aliphatic heterocycles. The highest BCUT2D eigenvalue weighted by atomic mass is 19.1. The third kappa shape index (κ3) is 5.24. The van der Waals surface area contributed by atoms with Crippen molar-refractivity contribution in [1.29, 1.82) is 0 Å². The van der Waals surface area contributed by atoms with Gasteiger partial charge in [-0.2, -0.15) is 0 Å². The Balaban J connectivity index is 1.75. The van der Waals surface area contributed by atoms with Gasteiger partial charge in [-0.25, -0.2) is 8.78 Å². The topological polar surface area (TPSA) is 75.3 Å². The zero-order valence-corrected chi connectivity index (χ0v) is 17.5. The number of primary amides is 1. The highest BCUT2D eigenvalue weighted by Crippen LogP contribution is 2.31. The van der Waals surface area contributed by atoms with Crippen LogP contribution in [0.15, 0.2) is 36.4 Å². The fourth-order valence-corrected chi connectivity index (χ4v) is 4.38. The van der Waals surface area contributed by atoms with E-state index in [0.29, 0.717) is 0 Å². The van der Waals surface area contributed by atoms with Crippen molar-refractivity contribution in [3.63, 3.8) is 0 Å². The van der Waals surface area contributed by atoms with Gasteiger partial charge in [-0.05, 0) is 73.4 Å². The standard InChI is InChI=1S/C24H30F2N2O2/c1-3-15-7-8-17-5-4-6-22(20(17)11-15)28-14(2)23(29)21(24(27)30)12-16-9-18(25)13-19(26)10-16/h7-11,13-14,21-23,28-29H,3-6,12H2,1-2H3,(H2,27,30). The van der Waals surface area contributed by atoms with Gasteiger partial charge in [-0.3, -0.25) is 4.79 Å². The first kappa shape index (κ1) is 22.4. The van der Waals surface area contributed by atoms with Crippen LogP contribution in [0.4, 0.5) is 8.78 Å². The summed E-state index contributed by atoms with van der Waals surface area (Å²) >= 11 is 0. The number of hydrogen-bond acceptors (Lipinski definition) is 3. The van der Waals surface area contributed by atoms with Crippen molar-refractivity contribution in [1.82, 2.24) is 5.32 Å². The number of halogens is 2. The number of aliphatic hydroxyl groups is 1. The summed E-state index contributed by atoms with van der Waals surface area (Å²) in [6, 6.07) is 9.28. The van der Waals surface area contributed by atoms with Gasteiger partial charge < -0.3 is 16.2 Å². The maximum absolute atomic E-state index is 13.5. The van der Waals surface area contributed by atoms with Gasteiger partial charge in [0.25, 0.3) is 0 Å². The quantitative estimate of drug-likeness (QED) is 0.616. The molecule has 3 rings (SSSR count). The summed E-state index contributed by atoms with van der Waals surface area (Å²) < 4.78 is 27.0. The van der Waals surface area contributed by atoms with Crippen molar-refractivity contribution in [2.45, 2.75) is 64.1 Å². The number of nitrogens with two attached hydrogens (primary N) is 1. The molecule has 30 heavy (non-hydrogen) atoms. The Morgan fingerprint density at radius 2 is 1.90 bits per heavy atom. The first-order valence-corrected chi connectivity index (χ1v) is 10.6. The minimum atomic E-state index is -1.09. The van der Waals surface area contributed by atoms with Crippen LogP contribution >= 0.6 is 0 Å². The van der Waals surface area contributed by atoms with Crippen LogP contribution < -0.4 is 11.1 Å². The van der Waals surface area contributed by atoms with Crippen molar-refractivity contribution < 1.29 is 18.7 Å². The highest BCUT2D eigenvalue weighted by molar-refractivity contribution is 5.77. The largest absolute Gasteiger partial charge is 0.391 e. The second kappa shape index (κ2) is 9.67. The van der Waals surface area contributed by atoms with Gasteiger partial charge in [-0.1, -0.05) is 25.1 Å². The van der Waals surface area contributed by atoms with Gasteiger partial charge in [0, 0.05) is 18.2 Å². The van der Waals surface area contributed by atoms with E-state index in [-0.39, 0.29) is 18.0 Å². The van der Waals surface area contributed by atoms with Crippen LogP contribution in [0.25, 0.3) is 0 Å². The molecule has 0 aromatic heterocycles. The average molecular weight is 417 g/mol. The SMILES string of the molecule is CCc1ccc2c(c1)C(NC(C)C(O)C(Cc1cc(F)cc(F)c1)C(N)=O)CCC2. The summed E-state index contributed by atoms with van der Waals surface area (Å²) in [5.74, 6) is -3.10. The molecule has 1 amide bonds. The fourth-order valence-electron chi connectivity index (χ4n) is 4.38. The summed E-state index contributed by atoms with van der Waals surface area (Å²) in [4.78, 5) is 12.0. The van der Waals surface area contributed by atoms with E-state index in [2.05, 4.69) is 30.4 Å².